The van der Waals surface area contributed by atoms with Crippen LogP contribution < -0.4 is 0 Å². The van der Waals surface area contributed by atoms with Crippen molar-refractivity contribution in [1.82, 2.24) is 0 Å². The summed E-state index contributed by atoms with van der Waals surface area (Å²) in [5.41, 5.74) is 0. The minimum Gasteiger partial charge on any atom is -0.377 e. The molecule has 0 amide bonds. The molecule has 1 unspecified atom stereocenters. The predicted octanol–water partition coefficient (Wildman–Crippen LogP) is 1.95. The first-order chi connectivity index (χ1) is 5.35. The second-order valence-corrected chi connectivity index (χ2v) is 2.39. The van der Waals surface area contributed by atoms with E-state index in [1.165, 1.54) is 0 Å². The van der Waals surface area contributed by atoms with Gasteiger partial charge in [-0.25, -0.2) is 0 Å². The average Bonchev–Trinajstić information content (AvgIpc) is 2.03. The number of aldehydes is 1. The molecule has 1 atom stereocenters. The Labute approximate surface area is 68.2 Å². The Morgan fingerprint density at radius 1 is 1.55 bits per heavy atom. The van der Waals surface area contributed by atoms with E-state index in [2.05, 4.69) is 6.92 Å². The minimum atomic E-state index is 0.181. The third kappa shape index (κ3) is 5.80. The van der Waals surface area contributed by atoms with Crippen molar-refractivity contribution in [3.8, 4) is 0 Å². The van der Waals surface area contributed by atoms with Gasteiger partial charge in [0.2, 0.25) is 0 Å². The molecular weight excluding hydrogens is 140 g/mol. The minimum absolute atomic E-state index is 0.181. The summed E-state index contributed by atoms with van der Waals surface area (Å²) >= 11 is 0. The molecule has 0 aromatic heterocycles. The van der Waals surface area contributed by atoms with E-state index in [0.717, 1.165) is 19.1 Å². The van der Waals surface area contributed by atoms with Crippen molar-refractivity contribution >= 4 is 6.29 Å². The fourth-order valence-corrected chi connectivity index (χ4v) is 0.863. The first kappa shape index (κ1) is 10.4. The maximum atomic E-state index is 9.94. The third-order valence-electron chi connectivity index (χ3n) is 1.46. The Kier molecular flexibility index (Phi) is 7.05. The van der Waals surface area contributed by atoms with Crippen molar-refractivity contribution in [3.63, 3.8) is 0 Å². The quantitative estimate of drug-likeness (QED) is 0.434. The molecule has 0 aromatic rings. The standard InChI is InChI=1S/C9H16O2/c1-3-6-9(11-2)7-4-5-8-10/h4,7-9H,3,5-6H2,1-2H3. The van der Waals surface area contributed by atoms with Gasteiger partial charge in [0, 0.05) is 13.5 Å². The van der Waals surface area contributed by atoms with Crippen molar-refractivity contribution in [2.45, 2.75) is 32.3 Å². The number of methoxy groups -OCH3 is 1. The highest BCUT2D eigenvalue weighted by Crippen LogP contribution is 2.02. The molecule has 0 bridgehead atoms. The van der Waals surface area contributed by atoms with E-state index in [1.807, 2.05) is 12.2 Å². The van der Waals surface area contributed by atoms with Crippen LogP contribution in [0.25, 0.3) is 0 Å². The molecular formula is C9H16O2. The Balaban J connectivity index is 3.56. The molecule has 0 saturated carbocycles. The molecule has 2 nitrogen and oxygen atoms in total. The van der Waals surface area contributed by atoms with Crippen molar-refractivity contribution in [3.05, 3.63) is 12.2 Å². The lowest BCUT2D eigenvalue weighted by molar-refractivity contribution is -0.107. The molecule has 0 heterocycles. The van der Waals surface area contributed by atoms with Gasteiger partial charge in [0.15, 0.2) is 0 Å². The summed E-state index contributed by atoms with van der Waals surface area (Å²) in [6.45, 7) is 2.11. The van der Waals surface area contributed by atoms with E-state index in [0.29, 0.717) is 6.42 Å². The molecule has 0 spiro atoms. The maximum Gasteiger partial charge on any atom is 0.123 e. The fraction of sp³-hybridized carbons (Fsp3) is 0.667. The monoisotopic (exact) mass is 156 g/mol. The van der Waals surface area contributed by atoms with E-state index in [1.54, 1.807) is 7.11 Å². The summed E-state index contributed by atoms with van der Waals surface area (Å²) in [6.07, 6.45) is 7.46. The summed E-state index contributed by atoms with van der Waals surface area (Å²) < 4.78 is 5.13. The van der Waals surface area contributed by atoms with Gasteiger partial charge in [-0.2, -0.15) is 0 Å². The van der Waals surface area contributed by atoms with E-state index in [4.69, 9.17) is 4.74 Å². The predicted molar refractivity (Wildman–Crippen MR) is 45.5 cm³/mol. The summed E-state index contributed by atoms with van der Waals surface area (Å²) in [6, 6.07) is 0. The van der Waals surface area contributed by atoms with Crippen LogP contribution in [-0.2, 0) is 9.53 Å². The number of ether oxygens (including phenoxy) is 1. The van der Waals surface area contributed by atoms with Crippen LogP contribution in [-0.4, -0.2) is 19.5 Å². The Morgan fingerprint density at radius 2 is 2.27 bits per heavy atom. The van der Waals surface area contributed by atoms with Crippen LogP contribution in [0.3, 0.4) is 0 Å². The van der Waals surface area contributed by atoms with Gasteiger partial charge in [0.1, 0.15) is 6.29 Å². The highest BCUT2D eigenvalue weighted by atomic mass is 16.5. The van der Waals surface area contributed by atoms with Gasteiger partial charge in [-0.15, -0.1) is 0 Å². The van der Waals surface area contributed by atoms with Gasteiger partial charge < -0.3 is 9.53 Å². The normalized spacial score (nSPS) is 13.6. The second-order valence-electron chi connectivity index (χ2n) is 2.39. The van der Waals surface area contributed by atoms with Crippen LogP contribution in [0.15, 0.2) is 12.2 Å². The first-order valence-electron chi connectivity index (χ1n) is 3.98. The molecule has 0 radical (unpaired) electrons. The zero-order valence-electron chi connectivity index (χ0n) is 7.25. The van der Waals surface area contributed by atoms with E-state index in [-0.39, 0.29) is 6.10 Å². The number of carbonyl (C=O) groups excluding carboxylic acids is 1. The fourth-order valence-electron chi connectivity index (χ4n) is 0.863. The Bertz CT molecular complexity index is 119. The second kappa shape index (κ2) is 7.48. The lowest BCUT2D eigenvalue weighted by Gasteiger charge is -2.07. The van der Waals surface area contributed by atoms with E-state index < -0.39 is 0 Å². The lowest BCUT2D eigenvalue weighted by atomic mass is 10.2. The number of hydrogen-bond acceptors (Lipinski definition) is 2. The average molecular weight is 156 g/mol. The first-order valence-corrected chi connectivity index (χ1v) is 3.98. The van der Waals surface area contributed by atoms with Gasteiger partial charge in [0.25, 0.3) is 0 Å². The van der Waals surface area contributed by atoms with Crippen LogP contribution in [0.1, 0.15) is 26.2 Å². The summed E-state index contributed by atoms with van der Waals surface area (Å²) in [7, 11) is 1.69. The zero-order valence-corrected chi connectivity index (χ0v) is 7.25. The molecule has 0 rings (SSSR count). The highest BCUT2D eigenvalue weighted by molar-refractivity contribution is 5.51. The smallest absolute Gasteiger partial charge is 0.123 e. The van der Waals surface area contributed by atoms with Gasteiger partial charge in [-0.3, -0.25) is 0 Å². The number of hydrogen-bond donors (Lipinski definition) is 0. The van der Waals surface area contributed by atoms with E-state index in [9.17, 15) is 4.79 Å². The molecule has 64 valence electrons. The van der Waals surface area contributed by atoms with Crippen molar-refractivity contribution < 1.29 is 9.53 Å². The number of carbonyl (C=O) groups is 1. The molecule has 0 aliphatic heterocycles. The molecule has 2 heteroatoms. The van der Waals surface area contributed by atoms with Gasteiger partial charge in [0.05, 0.1) is 6.10 Å². The highest BCUT2D eigenvalue weighted by Gasteiger charge is 1.98. The van der Waals surface area contributed by atoms with E-state index >= 15 is 0 Å². The Hall–Kier alpha value is -0.630. The summed E-state index contributed by atoms with van der Waals surface area (Å²) in [5, 5.41) is 0. The van der Waals surface area contributed by atoms with Gasteiger partial charge in [-0.1, -0.05) is 25.5 Å². The molecule has 11 heavy (non-hydrogen) atoms. The molecule has 0 aliphatic carbocycles. The Morgan fingerprint density at radius 3 is 2.73 bits per heavy atom. The van der Waals surface area contributed by atoms with Crippen molar-refractivity contribution in [1.29, 1.82) is 0 Å². The van der Waals surface area contributed by atoms with Crippen LogP contribution in [0.4, 0.5) is 0 Å². The molecule has 0 N–H and O–H groups in total. The summed E-state index contributed by atoms with van der Waals surface area (Å²) in [5.74, 6) is 0. The molecule has 0 fully saturated rings. The van der Waals surface area contributed by atoms with Crippen LogP contribution in [0.2, 0.25) is 0 Å². The van der Waals surface area contributed by atoms with Gasteiger partial charge in [-0.05, 0) is 6.42 Å². The number of rotatable bonds is 6. The SMILES string of the molecule is CCCC(C=CCC=O)OC. The van der Waals surface area contributed by atoms with Crippen LogP contribution >= 0.6 is 0 Å². The van der Waals surface area contributed by atoms with Crippen LogP contribution in [0, 0.1) is 0 Å². The largest absolute Gasteiger partial charge is 0.377 e. The van der Waals surface area contributed by atoms with Crippen molar-refractivity contribution in [2.75, 3.05) is 7.11 Å². The topological polar surface area (TPSA) is 26.3 Å². The van der Waals surface area contributed by atoms with Gasteiger partial charge >= 0.3 is 0 Å². The van der Waals surface area contributed by atoms with Crippen LogP contribution in [0.5, 0.6) is 0 Å². The summed E-state index contributed by atoms with van der Waals surface area (Å²) in [4.78, 5) is 9.94. The molecule has 0 aliphatic rings. The zero-order chi connectivity index (χ0) is 8.53. The maximum absolute atomic E-state index is 9.94. The lowest BCUT2D eigenvalue weighted by Crippen LogP contribution is -2.05. The third-order valence-corrected chi connectivity index (χ3v) is 1.46. The molecule has 0 aromatic carbocycles. The van der Waals surface area contributed by atoms with Crippen molar-refractivity contribution in [2.24, 2.45) is 0 Å². The number of allylic oxidation sites excluding steroid dienone is 1. The molecule has 0 saturated heterocycles.